The molecule has 14 heteroatoms. The highest BCUT2D eigenvalue weighted by atomic mass is 19.4. The van der Waals surface area contributed by atoms with E-state index in [1.54, 1.807) is 6.07 Å². The number of carbonyl (C=O) groups is 2. The van der Waals surface area contributed by atoms with Gasteiger partial charge in [0.2, 0.25) is 11.8 Å². The molecule has 2 amide bonds. The summed E-state index contributed by atoms with van der Waals surface area (Å²) in [5.74, 6) is -6.18. The summed E-state index contributed by atoms with van der Waals surface area (Å²) in [6.45, 7) is -0.448. The van der Waals surface area contributed by atoms with Gasteiger partial charge in [0.05, 0.1) is 35.2 Å². The van der Waals surface area contributed by atoms with Crippen molar-refractivity contribution in [3.05, 3.63) is 23.7 Å². The first-order chi connectivity index (χ1) is 18.3. The molecule has 0 radical (unpaired) electrons. The molecule has 1 aliphatic heterocycles. The van der Waals surface area contributed by atoms with Gasteiger partial charge in [0.1, 0.15) is 0 Å². The number of hydrogen-bond donors (Lipinski definition) is 3. The molecule has 3 atom stereocenters. The summed E-state index contributed by atoms with van der Waals surface area (Å²) in [5.41, 5.74) is 1.79. The number of imidazole rings is 1. The van der Waals surface area contributed by atoms with E-state index in [0.717, 1.165) is 12.8 Å². The number of alkyl halides is 5. The maximum atomic E-state index is 13.8. The van der Waals surface area contributed by atoms with Gasteiger partial charge in [-0.25, -0.2) is 23.1 Å². The number of rotatable bonds is 7. The van der Waals surface area contributed by atoms with Crippen molar-refractivity contribution >= 4 is 23.3 Å². The number of hydrogen-bond acceptors (Lipinski definition) is 5. The summed E-state index contributed by atoms with van der Waals surface area (Å²) < 4.78 is 69.1. The SMILES string of the molecule is CN(c1cc2nc(C(NC(=O)O)C3CCC(F)(F)CC3)cn2nc1CC1C[C@@H](C(F)(F)F)CNC1=O)C1CC1. The van der Waals surface area contributed by atoms with Crippen molar-refractivity contribution in [2.24, 2.45) is 17.8 Å². The maximum Gasteiger partial charge on any atom is 0.405 e. The zero-order valence-electron chi connectivity index (χ0n) is 21.3. The number of piperidine rings is 1. The highest BCUT2D eigenvalue weighted by Gasteiger charge is 2.45. The van der Waals surface area contributed by atoms with E-state index in [1.807, 2.05) is 11.9 Å². The van der Waals surface area contributed by atoms with E-state index < -0.39 is 48.5 Å². The van der Waals surface area contributed by atoms with E-state index in [9.17, 15) is 36.6 Å². The van der Waals surface area contributed by atoms with Crippen LogP contribution in [-0.2, 0) is 11.2 Å². The van der Waals surface area contributed by atoms with E-state index in [1.165, 1.54) is 10.7 Å². The molecule has 39 heavy (non-hydrogen) atoms. The van der Waals surface area contributed by atoms with Crippen LogP contribution in [0.4, 0.5) is 32.4 Å². The quantitative estimate of drug-likeness (QED) is 0.437. The molecule has 0 bridgehead atoms. The van der Waals surface area contributed by atoms with Crippen molar-refractivity contribution in [2.45, 2.75) is 75.5 Å². The minimum atomic E-state index is -4.43. The molecule has 2 saturated carbocycles. The lowest BCUT2D eigenvalue weighted by Crippen LogP contribution is -2.47. The van der Waals surface area contributed by atoms with Crippen LogP contribution < -0.4 is 15.5 Å². The second-order valence-corrected chi connectivity index (χ2v) is 11.0. The first kappa shape index (κ1) is 27.4. The Hall–Kier alpha value is -3.19. The molecule has 3 fully saturated rings. The van der Waals surface area contributed by atoms with Crippen molar-refractivity contribution in [3.63, 3.8) is 0 Å². The van der Waals surface area contributed by atoms with Gasteiger partial charge in [0, 0.05) is 50.9 Å². The smallest absolute Gasteiger partial charge is 0.405 e. The number of halogens is 5. The maximum absolute atomic E-state index is 13.8. The van der Waals surface area contributed by atoms with E-state index in [0.29, 0.717) is 22.7 Å². The van der Waals surface area contributed by atoms with Crippen LogP contribution in [0.15, 0.2) is 12.3 Å². The Morgan fingerprint density at radius 3 is 2.59 bits per heavy atom. The van der Waals surface area contributed by atoms with Gasteiger partial charge in [-0.1, -0.05) is 0 Å². The summed E-state index contributed by atoms with van der Waals surface area (Å²) in [4.78, 5) is 30.6. The topological polar surface area (TPSA) is 112 Å². The Labute approximate surface area is 221 Å². The second-order valence-electron chi connectivity index (χ2n) is 11.0. The Morgan fingerprint density at radius 1 is 1.28 bits per heavy atom. The summed E-state index contributed by atoms with van der Waals surface area (Å²) in [6, 6.07) is 1.14. The molecule has 0 spiro atoms. The molecule has 1 saturated heterocycles. The lowest BCUT2D eigenvalue weighted by molar-refractivity contribution is -0.183. The van der Waals surface area contributed by atoms with Gasteiger partial charge < -0.3 is 20.6 Å². The number of nitrogens with zero attached hydrogens (tertiary/aromatic N) is 4. The van der Waals surface area contributed by atoms with Crippen LogP contribution in [0.5, 0.6) is 0 Å². The zero-order valence-corrected chi connectivity index (χ0v) is 21.3. The Balaban J connectivity index is 1.48. The average molecular weight is 559 g/mol. The highest BCUT2D eigenvalue weighted by molar-refractivity contribution is 5.80. The predicted molar refractivity (Wildman–Crippen MR) is 130 cm³/mol. The van der Waals surface area contributed by atoms with E-state index >= 15 is 0 Å². The fourth-order valence-corrected chi connectivity index (χ4v) is 5.75. The molecule has 2 aromatic rings. The van der Waals surface area contributed by atoms with E-state index in [-0.39, 0.29) is 50.5 Å². The minimum absolute atomic E-state index is 0.0111. The van der Waals surface area contributed by atoms with Crippen molar-refractivity contribution in [2.75, 3.05) is 18.5 Å². The van der Waals surface area contributed by atoms with Crippen molar-refractivity contribution < 1.29 is 36.6 Å². The normalized spacial score (nSPS) is 24.8. The number of nitrogens with one attached hydrogen (secondary N) is 2. The monoisotopic (exact) mass is 558 g/mol. The van der Waals surface area contributed by atoms with Crippen LogP contribution in [0.3, 0.4) is 0 Å². The van der Waals surface area contributed by atoms with Gasteiger partial charge >= 0.3 is 12.3 Å². The molecule has 5 rings (SSSR count). The van der Waals surface area contributed by atoms with Gasteiger partial charge in [-0.15, -0.1) is 0 Å². The fraction of sp³-hybridized carbons (Fsp3) is 0.680. The molecule has 3 N–H and O–H groups in total. The van der Waals surface area contributed by atoms with Gasteiger partial charge in [0.15, 0.2) is 5.65 Å². The van der Waals surface area contributed by atoms with Gasteiger partial charge in [0.25, 0.3) is 0 Å². The van der Waals surface area contributed by atoms with E-state index in [4.69, 9.17) is 0 Å². The number of amides is 2. The van der Waals surface area contributed by atoms with Crippen molar-refractivity contribution in [1.29, 1.82) is 0 Å². The molecule has 2 unspecified atom stereocenters. The van der Waals surface area contributed by atoms with Gasteiger partial charge in [-0.3, -0.25) is 4.79 Å². The minimum Gasteiger partial charge on any atom is -0.465 e. The summed E-state index contributed by atoms with van der Waals surface area (Å²) in [7, 11) is 1.86. The molecule has 2 aliphatic carbocycles. The van der Waals surface area contributed by atoms with Crippen LogP contribution in [0.1, 0.15) is 62.4 Å². The third-order valence-electron chi connectivity index (χ3n) is 8.19. The number of carbonyl (C=O) groups excluding carboxylic acids is 1. The third-order valence-corrected chi connectivity index (χ3v) is 8.19. The summed E-state index contributed by atoms with van der Waals surface area (Å²) >= 11 is 0. The molecule has 0 aromatic carbocycles. The lowest BCUT2D eigenvalue weighted by Gasteiger charge is -2.32. The predicted octanol–water partition coefficient (Wildman–Crippen LogP) is 4.32. The molecular weight excluding hydrogens is 527 g/mol. The third kappa shape index (κ3) is 6.03. The Morgan fingerprint density at radius 2 is 1.97 bits per heavy atom. The fourth-order valence-electron chi connectivity index (χ4n) is 5.75. The Kier molecular flexibility index (Phi) is 7.08. The van der Waals surface area contributed by atoms with Crippen LogP contribution in [0.25, 0.3) is 5.65 Å². The Bertz CT molecular complexity index is 1240. The standard InChI is InChI=1S/C25H31F5N6O3/c1-35(16-2-3-16)19-10-20-32-18(21(33-23(38)39)13-4-6-24(26,27)7-5-13)12-36(20)34-17(19)9-14-8-15(25(28,29)30)11-31-22(14)37/h10,12-16,21,33H,2-9,11H2,1H3,(H,31,37)(H,38,39)/t14?,15-,21?/m1/s1. The largest absolute Gasteiger partial charge is 0.465 e. The number of aromatic nitrogens is 3. The molecule has 9 nitrogen and oxygen atoms in total. The van der Waals surface area contributed by atoms with Gasteiger partial charge in [-0.05, 0) is 38.0 Å². The molecule has 2 aromatic heterocycles. The second kappa shape index (κ2) is 10.1. The first-order valence-corrected chi connectivity index (χ1v) is 13.1. The van der Waals surface area contributed by atoms with Crippen molar-refractivity contribution in [3.8, 4) is 0 Å². The van der Waals surface area contributed by atoms with Crippen LogP contribution in [0.2, 0.25) is 0 Å². The molecule has 3 aliphatic rings. The lowest BCUT2D eigenvalue weighted by atomic mass is 9.81. The first-order valence-electron chi connectivity index (χ1n) is 13.1. The van der Waals surface area contributed by atoms with Crippen LogP contribution >= 0.6 is 0 Å². The zero-order chi connectivity index (χ0) is 28.1. The number of anilines is 1. The van der Waals surface area contributed by atoms with Gasteiger partial charge in [-0.2, -0.15) is 18.3 Å². The molecule has 214 valence electrons. The highest BCUT2D eigenvalue weighted by Crippen LogP contribution is 2.42. The van der Waals surface area contributed by atoms with E-state index in [2.05, 4.69) is 20.7 Å². The van der Waals surface area contributed by atoms with Crippen molar-refractivity contribution in [1.82, 2.24) is 25.2 Å². The number of fused-ring (bicyclic) bond motifs is 1. The molecule has 3 heterocycles. The van der Waals surface area contributed by atoms with Crippen LogP contribution in [0, 0.1) is 17.8 Å². The summed E-state index contributed by atoms with van der Waals surface area (Å²) in [5, 5.41) is 18.9. The number of carboxylic acid groups (broad SMARTS) is 1. The van der Waals surface area contributed by atoms with Crippen LogP contribution in [-0.4, -0.2) is 63.4 Å². The molecular formula is C25H31F5N6O3. The average Bonchev–Trinajstić information content (AvgIpc) is 3.62. The summed E-state index contributed by atoms with van der Waals surface area (Å²) in [6.07, 6.45) is -3.12.